The number of benzene rings is 3. The van der Waals surface area contributed by atoms with E-state index in [-0.39, 0.29) is 11.6 Å². The van der Waals surface area contributed by atoms with E-state index in [0.717, 1.165) is 42.7 Å². The number of anilines is 2. The maximum atomic E-state index is 13.5. The third-order valence-electron chi connectivity index (χ3n) is 8.42. The number of piperazine rings is 1. The van der Waals surface area contributed by atoms with E-state index in [9.17, 15) is 22.8 Å². The molecule has 9 nitrogen and oxygen atoms in total. The second-order valence-corrected chi connectivity index (χ2v) is 11.6. The first-order chi connectivity index (χ1) is 23.1. The molecule has 0 unspecified atom stereocenters. The maximum Gasteiger partial charge on any atom is 0.416 e. The second kappa shape index (κ2) is 13.8. The zero-order chi connectivity index (χ0) is 33.8. The van der Waals surface area contributed by atoms with Crippen LogP contribution in [0.3, 0.4) is 0 Å². The minimum atomic E-state index is -4.46. The maximum absolute atomic E-state index is 13.5. The molecule has 1 aliphatic rings. The lowest BCUT2D eigenvalue weighted by atomic mass is 10.2. The Morgan fingerprint density at radius 2 is 1.65 bits per heavy atom. The van der Waals surface area contributed by atoms with Crippen LogP contribution in [0.25, 0.3) is 10.9 Å². The van der Waals surface area contributed by atoms with Crippen LogP contribution < -0.4 is 15.0 Å². The summed E-state index contributed by atoms with van der Waals surface area (Å²) in [4.78, 5) is 36.4. The number of urea groups is 1. The highest BCUT2D eigenvalue weighted by molar-refractivity contribution is 6.01. The van der Waals surface area contributed by atoms with Gasteiger partial charge in [0.25, 0.3) is 5.91 Å². The monoisotopic (exact) mass is 656 g/mol. The summed E-state index contributed by atoms with van der Waals surface area (Å²) >= 11 is 0. The molecular formula is C36H35F3N6O3. The van der Waals surface area contributed by atoms with Gasteiger partial charge in [0.15, 0.2) is 0 Å². The molecule has 3 aromatic carbocycles. The summed E-state index contributed by atoms with van der Waals surface area (Å²) in [5.41, 5.74) is 2.70. The molecule has 12 heteroatoms. The Kier molecular flexibility index (Phi) is 9.35. The van der Waals surface area contributed by atoms with Crippen molar-refractivity contribution in [3.8, 4) is 11.6 Å². The van der Waals surface area contributed by atoms with Crippen LogP contribution >= 0.6 is 0 Å². The molecule has 0 aliphatic carbocycles. The average Bonchev–Trinajstić information content (AvgIpc) is 3.41. The number of carbonyl (C=O) groups excluding carboxylic acids is 2. The lowest BCUT2D eigenvalue weighted by Crippen LogP contribution is -2.48. The van der Waals surface area contributed by atoms with Crippen LogP contribution in [0.4, 0.5) is 29.3 Å². The van der Waals surface area contributed by atoms with E-state index in [0.29, 0.717) is 42.6 Å². The molecule has 1 fully saturated rings. The number of nitrogens with zero attached hydrogens (tertiary/aromatic N) is 5. The lowest BCUT2D eigenvalue weighted by Gasteiger charge is -2.34. The Morgan fingerprint density at radius 1 is 0.917 bits per heavy atom. The van der Waals surface area contributed by atoms with Crippen molar-refractivity contribution in [3.63, 3.8) is 0 Å². The van der Waals surface area contributed by atoms with Gasteiger partial charge in [0.05, 0.1) is 17.4 Å². The minimum Gasteiger partial charge on any atom is -0.439 e. The zero-order valence-corrected chi connectivity index (χ0v) is 26.6. The predicted molar refractivity (Wildman–Crippen MR) is 178 cm³/mol. The van der Waals surface area contributed by atoms with Gasteiger partial charge in [0.2, 0.25) is 5.88 Å². The SMILES string of the molecule is CCN(C(=O)Nc1ccc(C(F)(F)F)cc1)c1ccc(Oc2ccc3c(c2)cc(C(=O)N2CCN(Cc4ccccc4)CC2)n3C)nc1. The molecule has 6 rings (SSSR count). The summed E-state index contributed by atoms with van der Waals surface area (Å²) in [5.74, 6) is 0.836. The zero-order valence-electron chi connectivity index (χ0n) is 26.6. The van der Waals surface area contributed by atoms with E-state index in [1.54, 1.807) is 19.1 Å². The number of hydrogen-bond acceptors (Lipinski definition) is 5. The fraction of sp³-hybridized carbons (Fsp3) is 0.250. The van der Waals surface area contributed by atoms with Gasteiger partial charge in [0.1, 0.15) is 11.4 Å². The highest BCUT2D eigenvalue weighted by atomic mass is 19.4. The van der Waals surface area contributed by atoms with Crippen molar-refractivity contribution in [2.24, 2.45) is 7.05 Å². The average molecular weight is 657 g/mol. The Hall–Kier alpha value is -5.36. The second-order valence-electron chi connectivity index (χ2n) is 11.6. The number of pyridine rings is 1. The van der Waals surface area contributed by atoms with E-state index < -0.39 is 17.8 Å². The van der Waals surface area contributed by atoms with Crippen molar-refractivity contribution in [1.82, 2.24) is 19.4 Å². The third-order valence-corrected chi connectivity index (χ3v) is 8.42. The van der Waals surface area contributed by atoms with Gasteiger partial charge in [-0.05, 0) is 67.1 Å². The summed E-state index contributed by atoms with van der Waals surface area (Å²) < 4.78 is 46.5. The highest BCUT2D eigenvalue weighted by Crippen LogP contribution is 2.31. The van der Waals surface area contributed by atoms with Crippen LogP contribution in [0.15, 0.2) is 97.2 Å². The fourth-order valence-electron chi connectivity index (χ4n) is 5.80. The van der Waals surface area contributed by atoms with Crippen LogP contribution in [-0.2, 0) is 19.8 Å². The summed E-state index contributed by atoms with van der Waals surface area (Å²) in [7, 11) is 1.88. The molecule has 0 saturated carbocycles. The standard InChI is InChI=1S/C36H35F3N6O3/c1-3-45(35(47)41-28-11-9-27(10-12-28)36(37,38)39)29-13-16-33(40-23-29)48-30-14-15-31-26(21-30)22-32(42(31)2)34(46)44-19-17-43(18-20-44)24-25-7-5-4-6-8-25/h4-16,21-23H,3,17-20,24H2,1-2H3,(H,41,47). The number of fused-ring (bicyclic) bond motifs is 1. The molecule has 2 aromatic heterocycles. The molecule has 48 heavy (non-hydrogen) atoms. The summed E-state index contributed by atoms with van der Waals surface area (Å²) in [5, 5.41) is 3.47. The molecule has 0 atom stereocenters. The van der Waals surface area contributed by atoms with Gasteiger partial charge >= 0.3 is 12.2 Å². The molecular weight excluding hydrogens is 621 g/mol. The number of aryl methyl sites for hydroxylation is 1. The first-order valence-corrected chi connectivity index (χ1v) is 15.6. The normalized spacial score (nSPS) is 13.8. The van der Waals surface area contributed by atoms with Gasteiger partial charge in [-0.15, -0.1) is 0 Å². The Bertz CT molecular complexity index is 1890. The lowest BCUT2D eigenvalue weighted by molar-refractivity contribution is -0.137. The van der Waals surface area contributed by atoms with Crippen LogP contribution in [0.2, 0.25) is 0 Å². The van der Waals surface area contributed by atoms with Crippen molar-refractivity contribution in [3.05, 3.63) is 114 Å². The van der Waals surface area contributed by atoms with Gasteiger partial charge in [0, 0.05) is 69.0 Å². The molecule has 3 amide bonds. The van der Waals surface area contributed by atoms with Gasteiger partial charge < -0.3 is 19.5 Å². The van der Waals surface area contributed by atoms with Gasteiger partial charge in [-0.1, -0.05) is 30.3 Å². The number of ether oxygens (including phenoxy) is 1. The van der Waals surface area contributed by atoms with Crippen LogP contribution in [0.5, 0.6) is 11.6 Å². The Labute approximate surface area is 276 Å². The summed E-state index contributed by atoms with van der Waals surface area (Å²) in [6, 6.07) is 24.8. The van der Waals surface area contributed by atoms with Crippen LogP contribution in [0.1, 0.15) is 28.5 Å². The van der Waals surface area contributed by atoms with E-state index in [2.05, 4.69) is 27.3 Å². The molecule has 0 bridgehead atoms. The molecule has 248 valence electrons. The number of alkyl halides is 3. The number of nitrogens with one attached hydrogen (secondary N) is 1. The molecule has 3 heterocycles. The number of halogens is 3. The number of amides is 3. The van der Waals surface area contributed by atoms with Gasteiger partial charge in [-0.25, -0.2) is 9.78 Å². The van der Waals surface area contributed by atoms with Gasteiger partial charge in [-0.2, -0.15) is 13.2 Å². The first kappa shape index (κ1) is 32.6. The van der Waals surface area contributed by atoms with E-state index in [1.807, 2.05) is 59.0 Å². The Morgan fingerprint density at radius 3 is 2.29 bits per heavy atom. The molecule has 5 aromatic rings. The van der Waals surface area contributed by atoms with E-state index in [1.165, 1.54) is 28.8 Å². The largest absolute Gasteiger partial charge is 0.439 e. The van der Waals surface area contributed by atoms with Crippen molar-refractivity contribution in [1.29, 1.82) is 0 Å². The topological polar surface area (TPSA) is 82.9 Å². The third kappa shape index (κ3) is 7.28. The van der Waals surface area contributed by atoms with Crippen molar-refractivity contribution < 1.29 is 27.5 Å². The predicted octanol–water partition coefficient (Wildman–Crippen LogP) is 7.40. The molecule has 0 spiro atoms. The molecule has 0 radical (unpaired) electrons. The number of rotatable bonds is 8. The van der Waals surface area contributed by atoms with Gasteiger partial charge in [-0.3, -0.25) is 14.6 Å². The number of aromatic nitrogens is 2. The quantitative estimate of drug-likeness (QED) is 0.188. The first-order valence-electron chi connectivity index (χ1n) is 15.6. The number of carbonyl (C=O) groups is 2. The molecule has 1 aliphatic heterocycles. The number of hydrogen-bond donors (Lipinski definition) is 1. The van der Waals surface area contributed by atoms with E-state index in [4.69, 9.17) is 4.74 Å². The minimum absolute atomic E-state index is 0.00405. The van der Waals surface area contributed by atoms with Crippen LogP contribution in [0, 0.1) is 0 Å². The summed E-state index contributed by atoms with van der Waals surface area (Å²) in [6.07, 6.45) is -2.97. The summed E-state index contributed by atoms with van der Waals surface area (Å²) in [6.45, 7) is 5.89. The van der Waals surface area contributed by atoms with Crippen molar-refractivity contribution >= 4 is 34.2 Å². The van der Waals surface area contributed by atoms with Crippen molar-refractivity contribution in [2.75, 3.05) is 42.9 Å². The smallest absolute Gasteiger partial charge is 0.416 e. The fourth-order valence-corrected chi connectivity index (χ4v) is 5.80. The highest BCUT2D eigenvalue weighted by Gasteiger charge is 2.30. The Balaban J connectivity index is 1.07. The van der Waals surface area contributed by atoms with Crippen LogP contribution in [-0.4, -0.2) is 64.0 Å². The molecule has 1 saturated heterocycles. The van der Waals surface area contributed by atoms with Crippen molar-refractivity contribution in [2.45, 2.75) is 19.6 Å². The molecule has 1 N–H and O–H groups in total. The van der Waals surface area contributed by atoms with E-state index >= 15 is 0 Å².